The minimum Gasteiger partial charge on any atom is -0.392 e. The maximum absolute atomic E-state index is 15.4. The molecule has 0 radical (unpaired) electrons. The number of aromatic nitrogens is 2. The number of nitrogens with one attached hydrogen (secondary N) is 2. The number of H-pyrrole nitrogens is 1. The van der Waals surface area contributed by atoms with Crippen LogP contribution in [0.15, 0.2) is 35.5 Å². The number of aromatic amines is 1. The van der Waals surface area contributed by atoms with Crippen LogP contribution in [0.3, 0.4) is 0 Å². The Kier molecular flexibility index (Phi) is 11.1. The Morgan fingerprint density at radius 3 is 2.39 bits per heavy atom. The van der Waals surface area contributed by atoms with E-state index in [1.807, 2.05) is 20.9 Å². The molecule has 5 heterocycles. The number of hydrogen-bond acceptors (Lipinski definition) is 8. The second-order valence-electron chi connectivity index (χ2n) is 24.4. The van der Waals surface area contributed by atoms with Gasteiger partial charge in [-0.1, -0.05) is 65.3 Å². The fraction of sp³-hybridized carbons (Fsp3) is 0.714. The van der Waals surface area contributed by atoms with Gasteiger partial charge >= 0.3 is 0 Å². The van der Waals surface area contributed by atoms with Crippen LogP contribution in [0, 0.1) is 51.8 Å². The molecule has 5 N–H and O–H groups in total. The number of benzene rings is 1. The molecule has 10 rings (SSSR count). The summed E-state index contributed by atoms with van der Waals surface area (Å²) in [5, 5.41) is 41.1. The molecular weight excluding hydrogens is 827 g/mol. The van der Waals surface area contributed by atoms with Crippen molar-refractivity contribution < 1.29 is 34.4 Å². The molecule has 360 valence electrons. The van der Waals surface area contributed by atoms with Gasteiger partial charge in [-0.25, -0.2) is 0 Å². The summed E-state index contributed by atoms with van der Waals surface area (Å²) in [7, 11) is 1.96. The van der Waals surface area contributed by atoms with Gasteiger partial charge in [-0.15, -0.1) is 0 Å². The summed E-state index contributed by atoms with van der Waals surface area (Å²) in [5.74, 6) is 0.144. The van der Waals surface area contributed by atoms with Gasteiger partial charge in [0.25, 0.3) is 0 Å². The first kappa shape index (κ1) is 46.6. The number of ketones is 2. The Bertz CT molecular complexity index is 2490. The molecule has 2 aromatic heterocycles. The molecule has 0 bridgehead atoms. The highest BCUT2D eigenvalue weighted by molar-refractivity contribution is 6.02. The third-order valence-electron chi connectivity index (χ3n) is 20.3. The number of carbonyl (C=O) groups excluding carboxylic acids is 2. The Morgan fingerprint density at radius 1 is 0.985 bits per heavy atom. The number of allylic oxidation sites excluding steroid dienone is 1. The lowest BCUT2D eigenvalue weighted by Gasteiger charge is -2.70. The van der Waals surface area contributed by atoms with Crippen molar-refractivity contribution >= 4 is 22.6 Å². The van der Waals surface area contributed by atoms with E-state index in [-0.39, 0.29) is 35.1 Å². The molecular formula is C56H79N3O7. The number of nitrogens with zero attached hydrogens (tertiary/aromatic N) is 1. The molecule has 5 fully saturated rings. The van der Waals surface area contributed by atoms with Crippen LogP contribution in [-0.4, -0.2) is 87.2 Å². The van der Waals surface area contributed by atoms with Gasteiger partial charge in [0.2, 0.25) is 0 Å². The quantitative estimate of drug-likeness (QED) is 0.127. The summed E-state index contributed by atoms with van der Waals surface area (Å²) in [6.07, 6.45) is 8.96. The predicted molar refractivity (Wildman–Crippen MR) is 257 cm³/mol. The normalized spacial score (nSPS) is 38.5. The van der Waals surface area contributed by atoms with Crippen LogP contribution in [0.4, 0.5) is 0 Å². The third kappa shape index (κ3) is 6.67. The summed E-state index contributed by atoms with van der Waals surface area (Å²) in [6.45, 7) is 22.4. The molecule has 3 saturated carbocycles. The topological polar surface area (TPSA) is 149 Å². The molecule has 2 saturated heterocycles. The van der Waals surface area contributed by atoms with E-state index in [1.165, 1.54) is 22.3 Å². The van der Waals surface area contributed by atoms with Gasteiger partial charge in [0.05, 0.1) is 34.4 Å². The molecule has 7 aliphatic rings. The Morgan fingerprint density at radius 2 is 1.71 bits per heavy atom. The number of carbonyl (C=O) groups is 2. The Balaban J connectivity index is 1.15. The maximum Gasteiger partial charge on any atom is 0.160 e. The van der Waals surface area contributed by atoms with Crippen molar-refractivity contribution in [2.24, 2.45) is 44.8 Å². The van der Waals surface area contributed by atoms with E-state index < -0.39 is 45.1 Å². The number of aliphatic hydroxyl groups is 3. The van der Waals surface area contributed by atoms with E-state index in [0.29, 0.717) is 70.5 Å². The van der Waals surface area contributed by atoms with Gasteiger partial charge in [0.1, 0.15) is 11.9 Å². The highest BCUT2D eigenvalue weighted by Crippen LogP contribution is 2.76. The van der Waals surface area contributed by atoms with Gasteiger partial charge in [-0.3, -0.25) is 9.59 Å². The zero-order valence-corrected chi connectivity index (χ0v) is 41.7. The Labute approximate surface area is 393 Å². The molecule has 3 aromatic rings. The average Bonchev–Trinajstić information content (AvgIpc) is 3.48. The lowest BCUT2D eigenvalue weighted by Crippen LogP contribution is -2.68. The zero-order chi connectivity index (χ0) is 47.1. The zero-order valence-electron chi connectivity index (χ0n) is 41.7. The van der Waals surface area contributed by atoms with Crippen LogP contribution >= 0.6 is 0 Å². The van der Waals surface area contributed by atoms with Crippen molar-refractivity contribution in [3.63, 3.8) is 0 Å². The van der Waals surface area contributed by atoms with Crippen LogP contribution in [0.2, 0.25) is 0 Å². The van der Waals surface area contributed by atoms with Crippen molar-refractivity contribution in [1.82, 2.24) is 14.9 Å². The number of hydrogen-bond donors (Lipinski definition) is 5. The fourth-order valence-electron chi connectivity index (χ4n) is 16.7. The van der Waals surface area contributed by atoms with E-state index in [9.17, 15) is 20.1 Å². The van der Waals surface area contributed by atoms with E-state index in [0.717, 1.165) is 78.4 Å². The molecule has 10 nitrogen and oxygen atoms in total. The standard InChI is InChI=1S/C56H79N3O7/c1-11-38-36(27-33-24-32(2)25-35(26-33)56(64)19-22-65-23-20-56)45-46-34(30-58-45)12-15-51(5,28-40(61)49-50(3,4)66-49)44-39(60)29-55(9)43(44)37(31-59(38)46)47(63)48-53(7)16-14-42(62)52(6,18-21-57-10)41(53)13-17-54(48,55)8/h24-26,30,37,40-41,47-49,57-58,61,63-64H,11-23,27-29,31H2,1-10H3/t37-,40+,41-,47+,48+,49+,51-,52-,53+,54-,55-/m0/s1. The number of ether oxygens (including phenoxy) is 2. The number of aryl methyl sites for hydroxylation is 2. The lowest BCUT2D eigenvalue weighted by atomic mass is 9.34. The summed E-state index contributed by atoms with van der Waals surface area (Å²) in [4.78, 5) is 33.4. The van der Waals surface area contributed by atoms with E-state index in [1.54, 1.807) is 0 Å². The van der Waals surface area contributed by atoms with Gasteiger partial charge in [0.15, 0.2) is 5.78 Å². The number of aliphatic hydroxyl groups excluding tert-OH is 2. The summed E-state index contributed by atoms with van der Waals surface area (Å²) in [5.41, 5.74) is 7.44. The van der Waals surface area contributed by atoms with Crippen molar-refractivity contribution in [3.05, 3.63) is 69.1 Å². The first-order valence-electron chi connectivity index (χ1n) is 25.7. The number of rotatable bonds is 10. The molecule has 66 heavy (non-hydrogen) atoms. The van der Waals surface area contributed by atoms with E-state index in [4.69, 9.17) is 9.47 Å². The monoisotopic (exact) mass is 906 g/mol. The van der Waals surface area contributed by atoms with Crippen molar-refractivity contribution in [2.75, 3.05) is 26.8 Å². The van der Waals surface area contributed by atoms with Crippen molar-refractivity contribution in [1.29, 1.82) is 0 Å². The average molecular weight is 906 g/mol. The van der Waals surface area contributed by atoms with Gasteiger partial charge in [-0.05, 0) is 136 Å². The highest BCUT2D eigenvalue weighted by atomic mass is 16.6. The number of Topliss-reactive ketones (excluding diaryl/α,β-unsaturated/α-hetero) is 2. The lowest BCUT2D eigenvalue weighted by molar-refractivity contribution is -0.222. The van der Waals surface area contributed by atoms with Crippen LogP contribution in [0.25, 0.3) is 11.0 Å². The fourth-order valence-corrected chi connectivity index (χ4v) is 16.7. The SMILES string of the molecule is CCc1c(Cc2cc(C)cc(C3(O)CCOCC3)c2)c2[nH]cc3c2n1C[C@H]1C2=C(C(=O)C[C@]2(C)[C@@]2(C)CC[C@@H]4[C@@](C)(CCC(=O)[C@@]4(C)CCNC)[C@H]2[C@@H]1O)[C@](C)(C[C@@H](O)[C@H]1OC1(C)C)CC3. The Hall–Kier alpha value is -3.12. The van der Waals surface area contributed by atoms with E-state index >= 15 is 4.79 Å². The number of epoxide rings is 1. The van der Waals surface area contributed by atoms with Gasteiger partial charge in [0, 0.05) is 91.6 Å². The third-order valence-corrected chi connectivity index (χ3v) is 20.3. The van der Waals surface area contributed by atoms with Gasteiger partial charge < -0.3 is 39.7 Å². The molecule has 1 aromatic carbocycles. The molecule has 0 spiro atoms. The summed E-state index contributed by atoms with van der Waals surface area (Å²) >= 11 is 0. The largest absolute Gasteiger partial charge is 0.392 e. The summed E-state index contributed by atoms with van der Waals surface area (Å²) in [6, 6.07) is 6.60. The van der Waals surface area contributed by atoms with Crippen molar-refractivity contribution in [3.8, 4) is 0 Å². The van der Waals surface area contributed by atoms with Gasteiger partial charge in [-0.2, -0.15) is 0 Å². The first-order chi connectivity index (χ1) is 31.1. The molecule has 0 unspecified atom stereocenters. The van der Waals surface area contributed by atoms with Crippen LogP contribution in [-0.2, 0) is 50.5 Å². The molecule has 11 atom stereocenters. The first-order valence-corrected chi connectivity index (χ1v) is 25.7. The molecule has 10 heteroatoms. The van der Waals surface area contributed by atoms with Crippen LogP contribution < -0.4 is 5.32 Å². The minimum atomic E-state index is -0.919. The number of fused-ring (bicyclic) bond motifs is 4. The molecule has 3 aliphatic heterocycles. The summed E-state index contributed by atoms with van der Waals surface area (Å²) < 4.78 is 14.3. The minimum absolute atomic E-state index is 0.116. The highest BCUT2D eigenvalue weighted by Gasteiger charge is 2.73. The van der Waals surface area contributed by atoms with Crippen LogP contribution in [0.5, 0.6) is 0 Å². The van der Waals surface area contributed by atoms with E-state index in [2.05, 4.69) is 87.7 Å². The smallest absolute Gasteiger partial charge is 0.160 e. The maximum atomic E-state index is 15.4. The molecule has 4 aliphatic carbocycles. The van der Waals surface area contributed by atoms with Crippen LogP contribution in [0.1, 0.15) is 153 Å². The van der Waals surface area contributed by atoms with Crippen molar-refractivity contribution in [2.45, 2.75) is 182 Å². The molecule has 0 amide bonds. The predicted octanol–water partition coefficient (Wildman–Crippen LogP) is 8.59. The second-order valence-corrected chi connectivity index (χ2v) is 24.4. The second kappa shape index (κ2) is 15.7.